The predicted octanol–water partition coefficient (Wildman–Crippen LogP) is 10.7. The van der Waals surface area contributed by atoms with Crippen LogP contribution in [0.5, 0.6) is 0 Å². The molecule has 0 bridgehead atoms. The molecule has 2 heterocycles. The average molecular weight is 642 g/mol. The standard InChI is InChI=1S/C45H31N5/c1-3-34(30-20-22-33(23-21-30)49-41-24-19-29(26-46)25-38(41)45-32(28-48)12-9-17-42(45)49)35(4-2)44-31(27-47)11-10-18-43(44)50-39-15-7-5-13-36(39)37-14-6-8-16-40(37)50/h3-25,38,41H,1-2H3/b34-3-,35-4+. The fourth-order valence-corrected chi connectivity index (χ4v) is 7.93. The summed E-state index contributed by atoms with van der Waals surface area (Å²) >= 11 is 0. The number of nitriles is 3. The Hall–Kier alpha value is -6.87. The van der Waals surface area contributed by atoms with E-state index >= 15 is 0 Å². The highest BCUT2D eigenvalue weighted by Crippen LogP contribution is 2.50. The largest absolute Gasteiger partial charge is 0.333 e. The Morgan fingerprint density at radius 1 is 0.640 bits per heavy atom. The Balaban J connectivity index is 1.24. The number of para-hydroxylation sites is 2. The topological polar surface area (TPSA) is 79.5 Å². The summed E-state index contributed by atoms with van der Waals surface area (Å²) in [6, 6.07) is 44.2. The maximum Gasteiger partial charge on any atom is 0.0998 e. The maximum absolute atomic E-state index is 10.5. The van der Waals surface area contributed by atoms with Gasteiger partial charge in [-0.25, -0.2) is 0 Å². The second kappa shape index (κ2) is 12.3. The van der Waals surface area contributed by atoms with E-state index in [2.05, 4.69) is 131 Å². The fraction of sp³-hybridized carbons (Fsp3) is 0.0889. The lowest BCUT2D eigenvalue weighted by Crippen LogP contribution is -2.29. The van der Waals surface area contributed by atoms with Crippen LogP contribution in [0, 0.1) is 34.0 Å². The maximum atomic E-state index is 10.5. The summed E-state index contributed by atoms with van der Waals surface area (Å²) < 4.78 is 2.28. The van der Waals surface area contributed by atoms with Crippen molar-refractivity contribution in [2.45, 2.75) is 25.8 Å². The highest BCUT2D eigenvalue weighted by molar-refractivity contribution is 6.12. The lowest BCUT2D eigenvalue weighted by atomic mass is 9.86. The number of nitrogens with zero attached hydrogens (tertiary/aromatic N) is 5. The van der Waals surface area contributed by atoms with Crippen LogP contribution in [0.25, 0.3) is 38.6 Å². The number of hydrogen-bond donors (Lipinski definition) is 0. The first kappa shape index (κ1) is 30.5. The van der Waals surface area contributed by atoms with Gasteiger partial charge < -0.3 is 9.47 Å². The molecular formula is C45H31N5. The van der Waals surface area contributed by atoms with Crippen molar-refractivity contribution in [3.05, 3.63) is 173 Å². The molecule has 5 aromatic carbocycles. The van der Waals surface area contributed by atoms with E-state index in [0.29, 0.717) is 16.7 Å². The Kier molecular flexibility index (Phi) is 7.49. The fourth-order valence-electron chi connectivity index (χ4n) is 7.93. The van der Waals surface area contributed by atoms with Gasteiger partial charge in [0.1, 0.15) is 0 Å². The quantitative estimate of drug-likeness (QED) is 0.175. The SMILES string of the molecule is C/C=C(\C(=C/C)c1c(C#N)cccc1-n1c2ccccc2c2ccccc21)c1ccc(N2c3cccc(C#N)c3C3C=C(C#N)C=CC32)cc1. The van der Waals surface area contributed by atoms with Gasteiger partial charge in [0, 0.05) is 44.8 Å². The van der Waals surface area contributed by atoms with Crippen molar-refractivity contribution in [2.75, 3.05) is 4.90 Å². The highest BCUT2D eigenvalue weighted by Gasteiger charge is 2.40. The van der Waals surface area contributed by atoms with Crippen molar-refractivity contribution < 1.29 is 0 Å². The molecule has 2 unspecified atom stereocenters. The summed E-state index contributed by atoms with van der Waals surface area (Å²) in [5, 5.41) is 32.4. The Bertz CT molecular complexity index is 2550. The number of hydrogen-bond acceptors (Lipinski definition) is 4. The smallest absolute Gasteiger partial charge is 0.0998 e. The molecule has 1 aliphatic heterocycles. The molecule has 0 N–H and O–H groups in total. The van der Waals surface area contributed by atoms with Crippen molar-refractivity contribution in [3.63, 3.8) is 0 Å². The highest BCUT2D eigenvalue weighted by atomic mass is 15.2. The molecule has 6 aromatic rings. The monoisotopic (exact) mass is 641 g/mol. The molecule has 236 valence electrons. The summed E-state index contributed by atoms with van der Waals surface area (Å²) in [6.07, 6.45) is 10.1. The van der Waals surface area contributed by atoms with E-state index in [1.165, 1.54) is 10.8 Å². The molecule has 8 rings (SSSR count). The molecule has 2 atom stereocenters. The number of aromatic nitrogens is 1. The number of benzene rings is 5. The zero-order valence-electron chi connectivity index (χ0n) is 27.7. The van der Waals surface area contributed by atoms with Gasteiger partial charge in [-0.2, -0.15) is 15.8 Å². The van der Waals surface area contributed by atoms with Crippen LogP contribution in [0.3, 0.4) is 0 Å². The zero-order chi connectivity index (χ0) is 34.4. The van der Waals surface area contributed by atoms with Crippen LogP contribution in [0.4, 0.5) is 11.4 Å². The van der Waals surface area contributed by atoms with Crippen LogP contribution in [0.2, 0.25) is 0 Å². The van der Waals surface area contributed by atoms with Gasteiger partial charge in [-0.05, 0) is 85.2 Å². The van der Waals surface area contributed by atoms with Crippen LogP contribution in [0.1, 0.15) is 47.6 Å². The van der Waals surface area contributed by atoms with Gasteiger partial charge in [0.05, 0.1) is 52.1 Å². The average Bonchev–Trinajstić information content (AvgIpc) is 3.69. The van der Waals surface area contributed by atoms with E-state index in [1.54, 1.807) is 0 Å². The van der Waals surface area contributed by atoms with Gasteiger partial charge in [-0.1, -0.05) is 85.0 Å². The first-order chi connectivity index (χ1) is 24.6. The first-order valence-electron chi connectivity index (χ1n) is 16.7. The van der Waals surface area contributed by atoms with E-state index in [9.17, 15) is 15.8 Å². The number of fused-ring (bicyclic) bond motifs is 6. The zero-order valence-corrected chi connectivity index (χ0v) is 27.7. The number of anilines is 2. The number of rotatable bonds is 5. The van der Waals surface area contributed by atoms with Crippen LogP contribution in [-0.4, -0.2) is 10.6 Å². The molecule has 0 saturated carbocycles. The third-order valence-electron chi connectivity index (χ3n) is 10.0. The van der Waals surface area contributed by atoms with E-state index < -0.39 is 0 Å². The third-order valence-corrected chi connectivity index (χ3v) is 10.0. The normalized spacial score (nSPS) is 16.8. The van der Waals surface area contributed by atoms with Gasteiger partial charge in [0.25, 0.3) is 0 Å². The van der Waals surface area contributed by atoms with Gasteiger partial charge >= 0.3 is 0 Å². The predicted molar refractivity (Wildman–Crippen MR) is 202 cm³/mol. The van der Waals surface area contributed by atoms with Gasteiger partial charge in [-0.15, -0.1) is 0 Å². The Labute approximate surface area is 291 Å². The van der Waals surface area contributed by atoms with Crippen LogP contribution < -0.4 is 4.90 Å². The number of allylic oxidation sites excluding steroid dienone is 6. The molecule has 0 saturated heterocycles. The molecule has 2 aliphatic rings. The minimum absolute atomic E-state index is 0.0500. The third kappa shape index (κ3) is 4.59. The van der Waals surface area contributed by atoms with E-state index in [4.69, 9.17) is 0 Å². The van der Waals surface area contributed by atoms with Crippen molar-refractivity contribution in [2.24, 2.45) is 0 Å². The van der Waals surface area contributed by atoms with E-state index in [-0.39, 0.29) is 12.0 Å². The summed E-state index contributed by atoms with van der Waals surface area (Å²) in [5.41, 5.74) is 11.8. The van der Waals surface area contributed by atoms with Crippen LogP contribution >= 0.6 is 0 Å². The van der Waals surface area contributed by atoms with Crippen molar-refractivity contribution in [1.29, 1.82) is 15.8 Å². The summed E-state index contributed by atoms with van der Waals surface area (Å²) in [4.78, 5) is 2.27. The van der Waals surface area contributed by atoms with Gasteiger partial charge in [-0.3, -0.25) is 0 Å². The Morgan fingerprint density at radius 3 is 1.88 bits per heavy atom. The molecule has 0 fully saturated rings. The van der Waals surface area contributed by atoms with E-state index in [0.717, 1.165) is 55.9 Å². The first-order valence-corrected chi connectivity index (χ1v) is 16.7. The minimum atomic E-state index is -0.0948. The molecule has 50 heavy (non-hydrogen) atoms. The van der Waals surface area contributed by atoms with Crippen LogP contribution in [-0.2, 0) is 0 Å². The lowest BCUT2D eigenvalue weighted by molar-refractivity contribution is 0.740. The van der Waals surface area contributed by atoms with Gasteiger partial charge in [0.2, 0.25) is 0 Å². The second-order valence-corrected chi connectivity index (χ2v) is 12.5. The van der Waals surface area contributed by atoms with E-state index in [1.807, 2.05) is 50.3 Å². The second-order valence-electron chi connectivity index (χ2n) is 12.5. The van der Waals surface area contributed by atoms with Crippen LogP contribution in [0.15, 0.2) is 145 Å². The molecule has 0 spiro atoms. The molecule has 1 aliphatic carbocycles. The summed E-state index contributed by atoms with van der Waals surface area (Å²) in [6.45, 7) is 4.07. The molecule has 0 radical (unpaired) electrons. The van der Waals surface area contributed by atoms with Crippen molar-refractivity contribution >= 4 is 44.3 Å². The molecule has 5 heteroatoms. The Morgan fingerprint density at radius 2 is 1.26 bits per heavy atom. The molecule has 1 aromatic heterocycles. The molecule has 5 nitrogen and oxygen atoms in total. The van der Waals surface area contributed by atoms with Crippen molar-refractivity contribution in [3.8, 4) is 23.9 Å². The van der Waals surface area contributed by atoms with Gasteiger partial charge in [0.15, 0.2) is 0 Å². The lowest BCUT2D eigenvalue weighted by Gasteiger charge is -2.29. The molecular weight excluding hydrogens is 611 g/mol. The molecule has 0 amide bonds. The van der Waals surface area contributed by atoms with Crippen molar-refractivity contribution in [1.82, 2.24) is 4.57 Å². The minimum Gasteiger partial charge on any atom is -0.333 e. The summed E-state index contributed by atoms with van der Waals surface area (Å²) in [5.74, 6) is -0.0948. The summed E-state index contributed by atoms with van der Waals surface area (Å²) in [7, 11) is 0.